The summed E-state index contributed by atoms with van der Waals surface area (Å²) in [5, 5.41) is 6.14. The third-order valence-electron chi connectivity index (χ3n) is 4.64. The van der Waals surface area contributed by atoms with E-state index in [2.05, 4.69) is 22.5 Å². The lowest BCUT2D eigenvalue weighted by Crippen LogP contribution is -2.60. The van der Waals surface area contributed by atoms with E-state index < -0.39 is 11.4 Å². The Balaban J connectivity index is 2.18. The second-order valence-electron chi connectivity index (χ2n) is 6.62. The van der Waals surface area contributed by atoms with Gasteiger partial charge in [0.1, 0.15) is 5.54 Å². The zero-order chi connectivity index (χ0) is 19.0. The van der Waals surface area contributed by atoms with Crippen molar-refractivity contribution in [3.05, 3.63) is 22.8 Å². The van der Waals surface area contributed by atoms with Gasteiger partial charge < -0.3 is 15.4 Å². The number of carbonyl (C=O) groups excluding carboxylic acids is 2. The summed E-state index contributed by atoms with van der Waals surface area (Å²) in [5.41, 5.74) is -0.806. The van der Waals surface area contributed by atoms with Gasteiger partial charge in [-0.3, -0.25) is 9.59 Å². The molecule has 1 fully saturated rings. The number of unbranched alkanes of at least 4 members (excludes halogenated alkanes) is 1. The topological polar surface area (TPSA) is 80.3 Å². The van der Waals surface area contributed by atoms with Gasteiger partial charge in [0.2, 0.25) is 11.8 Å². The molecule has 2 amide bonds. The zero-order valence-electron chi connectivity index (χ0n) is 15.6. The van der Waals surface area contributed by atoms with Crippen LogP contribution in [0, 0.1) is 0 Å². The maximum atomic E-state index is 12.8. The minimum absolute atomic E-state index is 0.0870. The molecular weight excluding hydrogens is 354 g/mol. The van der Waals surface area contributed by atoms with Gasteiger partial charge in [0.05, 0.1) is 11.6 Å². The largest absolute Gasteiger partial charge is 0.478 e. The number of nitrogens with zero attached hydrogens (tertiary/aromatic N) is 1. The summed E-state index contributed by atoms with van der Waals surface area (Å²) < 4.78 is 5.35. The first-order chi connectivity index (χ1) is 12.5. The Bertz CT molecular complexity index is 630. The van der Waals surface area contributed by atoms with Crippen molar-refractivity contribution in [3.63, 3.8) is 0 Å². The fourth-order valence-electron chi connectivity index (χ4n) is 3.20. The number of amides is 2. The van der Waals surface area contributed by atoms with Crippen molar-refractivity contribution in [2.75, 3.05) is 13.2 Å². The Morgan fingerprint density at radius 1 is 1.23 bits per heavy atom. The number of hydrogen-bond acceptors (Lipinski definition) is 4. The predicted molar refractivity (Wildman–Crippen MR) is 102 cm³/mol. The van der Waals surface area contributed by atoms with E-state index in [0.29, 0.717) is 31.9 Å². The van der Waals surface area contributed by atoms with Crippen LogP contribution in [-0.4, -0.2) is 35.5 Å². The zero-order valence-corrected chi connectivity index (χ0v) is 16.3. The highest BCUT2D eigenvalue weighted by molar-refractivity contribution is 6.33. The van der Waals surface area contributed by atoms with Gasteiger partial charge in [-0.25, -0.2) is 4.98 Å². The van der Waals surface area contributed by atoms with Gasteiger partial charge in [-0.15, -0.1) is 0 Å². The molecule has 0 radical (unpaired) electrons. The van der Waals surface area contributed by atoms with Crippen molar-refractivity contribution in [1.29, 1.82) is 0 Å². The van der Waals surface area contributed by atoms with Crippen LogP contribution in [0.3, 0.4) is 0 Å². The van der Waals surface area contributed by atoms with Crippen LogP contribution in [0.2, 0.25) is 5.02 Å². The van der Waals surface area contributed by atoms with Crippen molar-refractivity contribution >= 4 is 23.4 Å². The molecule has 0 atom stereocenters. The molecular formula is C19H28ClN3O3. The molecule has 0 unspecified atom stereocenters. The summed E-state index contributed by atoms with van der Waals surface area (Å²) in [6, 6.07) is 3.21. The fraction of sp³-hybridized carbons (Fsp3) is 0.632. The summed E-state index contributed by atoms with van der Waals surface area (Å²) in [7, 11) is 0. The Morgan fingerprint density at radius 3 is 2.62 bits per heavy atom. The molecule has 2 N–H and O–H groups in total. The van der Waals surface area contributed by atoms with E-state index in [1.165, 1.54) is 0 Å². The number of ether oxygens (including phenoxy) is 1. The number of halogens is 1. The SMILES string of the molecule is CCCCNC(=O)C1(NC(=O)c2nc(OCC)ccc2Cl)CCCCC1. The first-order valence-electron chi connectivity index (χ1n) is 9.42. The molecule has 1 aromatic rings. The highest BCUT2D eigenvalue weighted by Gasteiger charge is 2.41. The van der Waals surface area contributed by atoms with Crippen molar-refractivity contribution in [2.45, 2.75) is 64.3 Å². The highest BCUT2D eigenvalue weighted by atomic mass is 35.5. The molecule has 7 heteroatoms. The molecule has 1 saturated carbocycles. The average Bonchev–Trinajstić information content (AvgIpc) is 2.64. The molecule has 1 aliphatic rings. The van der Waals surface area contributed by atoms with E-state index in [4.69, 9.17) is 16.3 Å². The number of aromatic nitrogens is 1. The van der Waals surface area contributed by atoms with Crippen molar-refractivity contribution in [2.24, 2.45) is 0 Å². The summed E-state index contributed by atoms with van der Waals surface area (Å²) in [6.07, 6.45) is 6.05. The Hall–Kier alpha value is -1.82. The van der Waals surface area contributed by atoms with E-state index in [9.17, 15) is 9.59 Å². The molecule has 0 spiro atoms. The van der Waals surface area contributed by atoms with Crippen LogP contribution in [0.25, 0.3) is 0 Å². The van der Waals surface area contributed by atoms with Crippen LogP contribution in [0.4, 0.5) is 0 Å². The number of nitrogens with one attached hydrogen (secondary N) is 2. The molecule has 0 aliphatic heterocycles. The minimum Gasteiger partial charge on any atom is -0.478 e. The molecule has 0 saturated heterocycles. The smallest absolute Gasteiger partial charge is 0.272 e. The molecule has 1 aliphatic carbocycles. The second-order valence-corrected chi connectivity index (χ2v) is 7.03. The van der Waals surface area contributed by atoms with Crippen LogP contribution in [0.5, 0.6) is 5.88 Å². The van der Waals surface area contributed by atoms with Crippen LogP contribution in [0.1, 0.15) is 69.3 Å². The number of hydrogen-bond donors (Lipinski definition) is 2. The van der Waals surface area contributed by atoms with Crippen molar-refractivity contribution in [3.8, 4) is 5.88 Å². The highest BCUT2D eigenvalue weighted by Crippen LogP contribution is 2.29. The Labute approximate surface area is 160 Å². The van der Waals surface area contributed by atoms with E-state index >= 15 is 0 Å². The second kappa shape index (κ2) is 9.76. The van der Waals surface area contributed by atoms with Gasteiger partial charge in [0.15, 0.2) is 5.69 Å². The van der Waals surface area contributed by atoms with E-state index in [1.807, 2.05) is 6.92 Å². The Morgan fingerprint density at radius 2 is 1.96 bits per heavy atom. The molecule has 144 valence electrons. The summed E-state index contributed by atoms with van der Waals surface area (Å²) >= 11 is 6.16. The number of carbonyl (C=O) groups is 2. The number of pyridine rings is 1. The van der Waals surface area contributed by atoms with Gasteiger partial charge >= 0.3 is 0 Å². The number of rotatable bonds is 8. The monoisotopic (exact) mass is 381 g/mol. The molecule has 0 aromatic carbocycles. The van der Waals surface area contributed by atoms with E-state index in [0.717, 1.165) is 32.1 Å². The Kier molecular flexibility index (Phi) is 7.69. The average molecular weight is 382 g/mol. The maximum Gasteiger partial charge on any atom is 0.272 e. The summed E-state index contributed by atoms with van der Waals surface area (Å²) in [6.45, 7) is 4.97. The molecule has 2 rings (SSSR count). The molecule has 1 aromatic heterocycles. The van der Waals surface area contributed by atoms with Crippen LogP contribution >= 0.6 is 11.6 Å². The first-order valence-corrected chi connectivity index (χ1v) is 9.80. The van der Waals surface area contributed by atoms with Crippen LogP contribution in [-0.2, 0) is 4.79 Å². The quantitative estimate of drug-likeness (QED) is 0.675. The third kappa shape index (κ3) is 5.10. The van der Waals surface area contributed by atoms with Gasteiger partial charge in [-0.05, 0) is 32.3 Å². The van der Waals surface area contributed by atoms with Gasteiger partial charge in [-0.1, -0.05) is 44.2 Å². The third-order valence-corrected chi connectivity index (χ3v) is 4.94. The fourth-order valence-corrected chi connectivity index (χ4v) is 3.39. The molecule has 0 bridgehead atoms. The van der Waals surface area contributed by atoms with Crippen LogP contribution < -0.4 is 15.4 Å². The minimum atomic E-state index is -0.893. The van der Waals surface area contributed by atoms with Gasteiger partial charge in [-0.2, -0.15) is 0 Å². The molecule has 26 heavy (non-hydrogen) atoms. The first kappa shape index (κ1) is 20.5. The standard InChI is InChI=1S/C19H28ClN3O3/c1-3-5-13-21-18(25)19(11-7-6-8-12-19)23-17(24)16-14(20)9-10-15(22-16)26-4-2/h9-10H,3-8,11-13H2,1-2H3,(H,21,25)(H,23,24). The van der Waals surface area contributed by atoms with E-state index in [1.54, 1.807) is 12.1 Å². The van der Waals surface area contributed by atoms with Crippen LogP contribution in [0.15, 0.2) is 12.1 Å². The maximum absolute atomic E-state index is 12.8. The van der Waals surface area contributed by atoms with Gasteiger partial charge in [0.25, 0.3) is 5.91 Å². The predicted octanol–water partition coefficient (Wildman–Crippen LogP) is 3.48. The van der Waals surface area contributed by atoms with Gasteiger partial charge in [0, 0.05) is 12.6 Å². The molecule has 1 heterocycles. The molecule has 6 nitrogen and oxygen atoms in total. The summed E-state index contributed by atoms with van der Waals surface area (Å²) in [5.74, 6) is -0.215. The normalized spacial score (nSPS) is 16.0. The lowest BCUT2D eigenvalue weighted by atomic mass is 9.80. The van der Waals surface area contributed by atoms with Crippen molar-refractivity contribution in [1.82, 2.24) is 15.6 Å². The summed E-state index contributed by atoms with van der Waals surface area (Å²) in [4.78, 5) is 29.8. The lowest BCUT2D eigenvalue weighted by molar-refractivity contribution is -0.128. The van der Waals surface area contributed by atoms with E-state index in [-0.39, 0.29) is 16.6 Å². The van der Waals surface area contributed by atoms with Crippen molar-refractivity contribution < 1.29 is 14.3 Å². The lowest BCUT2D eigenvalue weighted by Gasteiger charge is -2.36.